The number of hydrogen-bond acceptors (Lipinski definition) is 5. The first-order chi connectivity index (χ1) is 13.6. The molecule has 3 aromatic rings. The van der Waals surface area contributed by atoms with Crippen molar-refractivity contribution in [1.82, 2.24) is 20.5 Å². The number of H-pyrrole nitrogens is 1. The third-order valence-corrected chi connectivity index (χ3v) is 4.18. The van der Waals surface area contributed by atoms with Gasteiger partial charge in [0, 0.05) is 18.3 Å². The fourth-order valence-electron chi connectivity index (χ4n) is 2.64. The molecule has 0 unspecified atom stereocenters. The topological polar surface area (TPSA) is 109 Å². The lowest BCUT2D eigenvalue weighted by Gasteiger charge is -2.17. The number of nitrogens with one attached hydrogen (secondary N) is 3. The number of benzene rings is 2. The van der Waals surface area contributed by atoms with E-state index >= 15 is 0 Å². The minimum atomic E-state index is -4.80. The predicted molar refractivity (Wildman–Crippen MR) is 99.3 cm³/mol. The Morgan fingerprint density at radius 1 is 1.24 bits per heavy atom. The van der Waals surface area contributed by atoms with E-state index in [-0.39, 0.29) is 28.2 Å². The summed E-state index contributed by atoms with van der Waals surface area (Å²) < 4.78 is 55.1. The number of alkyl halides is 3. The van der Waals surface area contributed by atoms with E-state index in [1.165, 1.54) is 13.1 Å². The number of nitrogens with two attached hydrogens (primary N) is 1. The van der Waals surface area contributed by atoms with E-state index in [0.717, 1.165) is 24.3 Å². The molecule has 0 saturated carbocycles. The van der Waals surface area contributed by atoms with Crippen molar-refractivity contribution in [3.63, 3.8) is 0 Å². The highest BCUT2D eigenvalue weighted by Gasteiger charge is 2.35. The van der Waals surface area contributed by atoms with Crippen LogP contribution in [0.15, 0.2) is 30.3 Å². The predicted octanol–water partition coefficient (Wildman–Crippen LogP) is 3.97. The smallest absolute Gasteiger partial charge is 0.368 e. The van der Waals surface area contributed by atoms with Crippen molar-refractivity contribution in [2.75, 3.05) is 18.1 Å². The lowest BCUT2D eigenvalue weighted by atomic mass is 9.96. The normalized spacial score (nSPS) is 11.4. The molecule has 12 heteroatoms. The van der Waals surface area contributed by atoms with Gasteiger partial charge in [0.25, 0.3) is 5.91 Å². The quantitative estimate of drug-likeness (QED) is 0.470. The molecule has 1 heterocycles. The Morgan fingerprint density at radius 3 is 2.55 bits per heavy atom. The summed E-state index contributed by atoms with van der Waals surface area (Å²) in [5.74, 6) is -1.74. The molecule has 3 rings (SSSR count). The summed E-state index contributed by atoms with van der Waals surface area (Å²) in [6.45, 7) is 0. The highest BCUT2D eigenvalue weighted by atomic mass is 35.5. The Balaban J connectivity index is 2.15. The van der Waals surface area contributed by atoms with Gasteiger partial charge in [0.05, 0.1) is 16.1 Å². The van der Waals surface area contributed by atoms with Gasteiger partial charge >= 0.3 is 6.18 Å². The average Bonchev–Trinajstić information content (AvgIpc) is 3.05. The number of anilines is 3. The summed E-state index contributed by atoms with van der Waals surface area (Å²) in [5.41, 5.74) is 3.37. The summed E-state index contributed by atoms with van der Waals surface area (Å²) in [6.07, 6.45) is -4.80. The largest absolute Gasteiger partial charge is 0.417 e. The van der Waals surface area contributed by atoms with Crippen molar-refractivity contribution in [2.24, 2.45) is 0 Å². The molecule has 0 bridgehead atoms. The van der Waals surface area contributed by atoms with Gasteiger partial charge in [-0.05, 0) is 29.8 Å². The second-order valence-electron chi connectivity index (χ2n) is 5.82. The van der Waals surface area contributed by atoms with Crippen LogP contribution < -0.4 is 16.4 Å². The van der Waals surface area contributed by atoms with Crippen molar-refractivity contribution in [3.8, 4) is 11.1 Å². The molecular weight excluding hydrogens is 416 g/mol. The second-order valence-corrected chi connectivity index (χ2v) is 6.23. The van der Waals surface area contributed by atoms with Crippen LogP contribution in [0.5, 0.6) is 0 Å². The first kappa shape index (κ1) is 20.4. The molecule has 0 spiro atoms. The summed E-state index contributed by atoms with van der Waals surface area (Å²) in [6, 6.07) is 5.05. The molecule has 0 saturated heterocycles. The number of carbonyl (C=O) groups excluding carboxylic acids is 1. The lowest BCUT2D eigenvalue weighted by molar-refractivity contribution is -0.137. The van der Waals surface area contributed by atoms with E-state index in [2.05, 4.69) is 25.8 Å². The molecule has 152 valence electrons. The van der Waals surface area contributed by atoms with E-state index in [1.807, 2.05) is 0 Å². The van der Waals surface area contributed by atoms with Crippen LogP contribution in [0.4, 0.5) is 35.1 Å². The van der Waals surface area contributed by atoms with Crippen LogP contribution in [0.25, 0.3) is 11.1 Å². The molecule has 1 amide bonds. The highest BCUT2D eigenvalue weighted by Crippen LogP contribution is 2.43. The molecule has 0 aliphatic rings. The van der Waals surface area contributed by atoms with Crippen molar-refractivity contribution in [3.05, 3.63) is 52.3 Å². The number of aromatic amines is 1. The zero-order chi connectivity index (χ0) is 21.3. The van der Waals surface area contributed by atoms with Gasteiger partial charge in [0.2, 0.25) is 11.9 Å². The molecule has 29 heavy (non-hydrogen) atoms. The van der Waals surface area contributed by atoms with Gasteiger partial charge in [-0.2, -0.15) is 18.2 Å². The van der Waals surface area contributed by atoms with Crippen LogP contribution in [0.2, 0.25) is 5.02 Å². The molecule has 0 atom stereocenters. The molecule has 2 aromatic carbocycles. The summed E-state index contributed by atoms with van der Waals surface area (Å²) in [4.78, 5) is 15.5. The number of halogens is 5. The average molecular weight is 429 g/mol. The lowest BCUT2D eigenvalue weighted by Crippen LogP contribution is -2.19. The van der Waals surface area contributed by atoms with Gasteiger partial charge in [-0.15, -0.1) is 5.10 Å². The van der Waals surface area contributed by atoms with Crippen molar-refractivity contribution in [2.45, 2.75) is 6.18 Å². The maximum atomic E-state index is 13.9. The molecule has 0 fully saturated rings. The zero-order valence-corrected chi connectivity index (χ0v) is 15.4. The van der Waals surface area contributed by atoms with Crippen molar-refractivity contribution >= 4 is 35.1 Å². The Labute approximate surface area is 166 Å². The number of carbonyl (C=O) groups is 1. The van der Waals surface area contributed by atoms with E-state index in [9.17, 15) is 22.4 Å². The fourth-order valence-corrected chi connectivity index (χ4v) is 2.97. The molecular formula is C17H13ClF4N6O. The minimum Gasteiger partial charge on any atom is -0.368 e. The number of nitrogens with zero attached hydrogens (tertiary/aromatic N) is 2. The SMILES string of the molecule is CNC(=O)c1cc(-c2c(Cl)cc(Nc3n[nH]c(N)n3)cc2C(F)(F)F)ccc1F. The van der Waals surface area contributed by atoms with Crippen molar-refractivity contribution in [1.29, 1.82) is 0 Å². The molecule has 1 aromatic heterocycles. The second kappa shape index (κ2) is 7.59. The third-order valence-electron chi connectivity index (χ3n) is 3.88. The molecule has 7 nitrogen and oxygen atoms in total. The Kier molecular flexibility index (Phi) is 5.33. The first-order valence-corrected chi connectivity index (χ1v) is 8.35. The van der Waals surface area contributed by atoms with Crippen LogP contribution in [-0.2, 0) is 6.18 Å². The van der Waals surface area contributed by atoms with Crippen LogP contribution >= 0.6 is 11.6 Å². The standard InChI is InChI=1S/C17H13ClF4N6O/c1-24-14(29)9-4-7(2-3-12(9)19)13-10(17(20,21)22)5-8(6-11(13)18)25-16-26-15(23)27-28-16/h2-6H,1H3,(H,24,29)(H4,23,25,26,27,28). The monoisotopic (exact) mass is 428 g/mol. The molecule has 0 aliphatic heterocycles. The highest BCUT2D eigenvalue weighted by molar-refractivity contribution is 6.34. The van der Waals surface area contributed by atoms with E-state index in [1.54, 1.807) is 0 Å². The summed E-state index contributed by atoms with van der Waals surface area (Å²) in [7, 11) is 1.28. The maximum absolute atomic E-state index is 13.9. The summed E-state index contributed by atoms with van der Waals surface area (Å²) >= 11 is 6.14. The zero-order valence-electron chi connectivity index (χ0n) is 14.7. The summed E-state index contributed by atoms with van der Waals surface area (Å²) in [5, 5.41) is 10.5. The van der Waals surface area contributed by atoms with Crippen LogP contribution in [0, 0.1) is 5.82 Å². The Morgan fingerprint density at radius 2 is 1.97 bits per heavy atom. The number of amides is 1. The van der Waals surface area contributed by atoms with Gasteiger partial charge in [0.15, 0.2) is 0 Å². The van der Waals surface area contributed by atoms with Crippen LogP contribution in [0.3, 0.4) is 0 Å². The Bertz CT molecular complexity index is 1080. The van der Waals surface area contributed by atoms with E-state index in [0.29, 0.717) is 0 Å². The number of aromatic nitrogens is 3. The van der Waals surface area contributed by atoms with Crippen LogP contribution in [-0.4, -0.2) is 28.1 Å². The van der Waals surface area contributed by atoms with Gasteiger partial charge in [-0.25, -0.2) is 9.49 Å². The van der Waals surface area contributed by atoms with Crippen molar-refractivity contribution < 1.29 is 22.4 Å². The van der Waals surface area contributed by atoms with Crippen LogP contribution in [0.1, 0.15) is 15.9 Å². The number of nitrogen functional groups attached to an aromatic ring is 1. The molecule has 0 radical (unpaired) electrons. The first-order valence-electron chi connectivity index (χ1n) is 7.97. The van der Waals surface area contributed by atoms with E-state index < -0.39 is 34.6 Å². The number of rotatable bonds is 4. The fraction of sp³-hybridized carbons (Fsp3) is 0.118. The van der Waals surface area contributed by atoms with E-state index in [4.69, 9.17) is 17.3 Å². The minimum absolute atomic E-state index is 0.0284. The number of hydrogen-bond donors (Lipinski definition) is 4. The Hall–Kier alpha value is -3.34. The molecule has 0 aliphatic carbocycles. The van der Waals surface area contributed by atoms with Gasteiger partial charge in [-0.1, -0.05) is 17.7 Å². The van der Waals surface area contributed by atoms with Gasteiger partial charge < -0.3 is 16.4 Å². The third kappa shape index (κ3) is 4.24. The van der Waals surface area contributed by atoms with Gasteiger partial charge in [-0.3, -0.25) is 4.79 Å². The maximum Gasteiger partial charge on any atom is 0.417 e. The molecule has 5 N–H and O–H groups in total. The van der Waals surface area contributed by atoms with Gasteiger partial charge in [0.1, 0.15) is 5.82 Å².